The summed E-state index contributed by atoms with van der Waals surface area (Å²) in [4.78, 5) is 43.2. The highest BCUT2D eigenvalue weighted by molar-refractivity contribution is 8.00. The average molecular weight is 537 g/mol. The summed E-state index contributed by atoms with van der Waals surface area (Å²) in [6.07, 6.45) is 5.62. The number of ether oxygens (including phenoxy) is 2. The number of nitrogen functional groups attached to an aromatic ring is 1. The number of rotatable bonds is 16. The Morgan fingerprint density at radius 2 is 1.69 bits per heavy atom. The van der Waals surface area contributed by atoms with Gasteiger partial charge in [-0.15, -0.1) is 11.8 Å². The summed E-state index contributed by atoms with van der Waals surface area (Å²) in [6, 6.07) is 0. The van der Waals surface area contributed by atoms with E-state index >= 15 is 0 Å². The van der Waals surface area contributed by atoms with Gasteiger partial charge in [-0.05, 0) is 25.7 Å². The van der Waals surface area contributed by atoms with Crippen LogP contribution in [0.25, 0.3) is 0 Å². The van der Waals surface area contributed by atoms with Crippen LogP contribution in [0.15, 0.2) is 11.1 Å². The Labute approximate surface area is 208 Å². The lowest BCUT2D eigenvalue weighted by Crippen LogP contribution is -2.26. The lowest BCUT2D eigenvalue weighted by atomic mass is 10.2. The number of phosphoric acid groups is 1. The average Bonchev–Trinajstić information content (AvgIpc) is 3.29. The minimum absolute atomic E-state index is 0.0706. The summed E-state index contributed by atoms with van der Waals surface area (Å²) in [5.74, 6) is -1.56. The second kappa shape index (κ2) is 15.2. The number of hydrogen-bond acceptors (Lipinski definition) is 13. The van der Waals surface area contributed by atoms with Gasteiger partial charge in [-0.25, -0.2) is 23.9 Å². The van der Waals surface area contributed by atoms with Crippen molar-refractivity contribution in [3.05, 3.63) is 16.8 Å². The Morgan fingerprint density at radius 3 is 2.23 bits per heavy atom. The Kier molecular flexibility index (Phi) is 12.7. The first-order chi connectivity index (χ1) is 16.8. The maximum Gasteiger partial charge on any atom is 0.475 e. The van der Waals surface area contributed by atoms with Crippen molar-refractivity contribution in [2.45, 2.75) is 63.0 Å². The molecule has 0 aliphatic carbocycles. The molecular weight excluding hydrogens is 503 g/mol. The lowest BCUT2D eigenvalue weighted by Gasteiger charge is -2.19. The van der Waals surface area contributed by atoms with Crippen LogP contribution in [0.5, 0.6) is 0 Å². The fourth-order valence-electron chi connectivity index (χ4n) is 2.86. The highest BCUT2D eigenvalue weighted by Gasteiger charge is 2.34. The Bertz CT molecular complexity index is 902. The summed E-state index contributed by atoms with van der Waals surface area (Å²) in [5, 5.41) is -0.419. The molecule has 0 bridgehead atoms. The zero-order valence-electron chi connectivity index (χ0n) is 20.0. The highest BCUT2D eigenvalue weighted by atomic mass is 32.2. The van der Waals surface area contributed by atoms with E-state index in [-0.39, 0.29) is 36.4 Å². The number of thioether (sulfide) groups is 1. The van der Waals surface area contributed by atoms with Crippen LogP contribution in [-0.4, -0.2) is 64.8 Å². The van der Waals surface area contributed by atoms with E-state index in [0.717, 1.165) is 12.8 Å². The van der Waals surface area contributed by atoms with Gasteiger partial charge in [0.15, 0.2) is 13.2 Å². The third kappa shape index (κ3) is 10.7. The van der Waals surface area contributed by atoms with E-state index in [4.69, 9.17) is 28.8 Å². The molecule has 1 fully saturated rings. The minimum atomic E-state index is -4.29. The Morgan fingerprint density at radius 1 is 1.09 bits per heavy atom. The van der Waals surface area contributed by atoms with Gasteiger partial charge in [0.05, 0.1) is 25.2 Å². The molecule has 0 radical (unpaired) electrons. The van der Waals surface area contributed by atoms with Crippen LogP contribution < -0.4 is 11.4 Å². The number of carbonyl (C=O) groups is 2. The summed E-state index contributed by atoms with van der Waals surface area (Å²) in [7, 11) is -4.29. The fourth-order valence-corrected chi connectivity index (χ4v) is 5.49. The van der Waals surface area contributed by atoms with Gasteiger partial charge < -0.3 is 15.2 Å². The molecule has 2 heterocycles. The van der Waals surface area contributed by atoms with Gasteiger partial charge in [-0.3, -0.25) is 18.1 Å². The third-order valence-electron chi connectivity index (χ3n) is 4.76. The predicted octanol–water partition coefficient (Wildman–Crippen LogP) is 2.46. The van der Waals surface area contributed by atoms with Crippen molar-refractivity contribution in [3.63, 3.8) is 0 Å². The molecule has 2 atom stereocenters. The van der Waals surface area contributed by atoms with Crippen molar-refractivity contribution in [2.24, 2.45) is 0 Å². The van der Waals surface area contributed by atoms with Crippen molar-refractivity contribution in [2.75, 3.05) is 38.8 Å². The van der Waals surface area contributed by atoms with Crippen molar-refractivity contribution in [3.8, 4) is 0 Å². The number of unbranched alkanes of at least 4 members (excludes halogenated alkanes) is 2. The van der Waals surface area contributed by atoms with E-state index in [1.165, 1.54) is 22.7 Å². The molecule has 0 aromatic carbocycles. The zero-order valence-corrected chi connectivity index (χ0v) is 21.7. The van der Waals surface area contributed by atoms with Gasteiger partial charge in [-0.1, -0.05) is 26.7 Å². The fraction of sp³-hybridized carbons (Fsp3) is 0.750. The van der Waals surface area contributed by atoms with Crippen LogP contribution in [0.4, 0.5) is 5.95 Å². The number of carbonyl (C=O) groups excluding carboxylic acids is 2. The van der Waals surface area contributed by atoms with Gasteiger partial charge in [-0.2, -0.15) is 4.98 Å². The van der Waals surface area contributed by atoms with Crippen LogP contribution in [0.1, 0.15) is 57.7 Å². The second-order valence-corrected chi connectivity index (χ2v) is 10.8. The molecule has 2 rings (SSSR count). The van der Waals surface area contributed by atoms with Gasteiger partial charge in [0.25, 0.3) is 0 Å². The van der Waals surface area contributed by atoms with Crippen LogP contribution in [0.2, 0.25) is 0 Å². The summed E-state index contributed by atoms with van der Waals surface area (Å²) < 4.78 is 40.1. The number of aromatic nitrogens is 3. The molecule has 198 valence electrons. The van der Waals surface area contributed by atoms with E-state index < -0.39 is 38.7 Å². The topological polar surface area (TPSA) is 171 Å². The highest BCUT2D eigenvalue weighted by Crippen LogP contribution is 2.51. The van der Waals surface area contributed by atoms with Crippen molar-refractivity contribution in [1.29, 1.82) is 0 Å². The molecule has 15 heteroatoms. The molecule has 1 aliphatic rings. The van der Waals surface area contributed by atoms with Crippen LogP contribution in [0, 0.1) is 0 Å². The van der Waals surface area contributed by atoms with Crippen molar-refractivity contribution < 1.29 is 37.2 Å². The normalized spacial score (nSPS) is 17.9. The number of nitrogens with zero attached hydrogens (tertiary/aromatic N) is 3. The molecule has 1 aliphatic heterocycles. The molecule has 0 amide bonds. The van der Waals surface area contributed by atoms with Crippen LogP contribution >= 0.6 is 19.6 Å². The molecule has 1 aromatic rings. The molecule has 2 N–H and O–H groups in total. The van der Waals surface area contributed by atoms with Crippen molar-refractivity contribution >= 4 is 37.5 Å². The SMILES string of the molecule is CCCCOC(=O)COP(=O)(OCC(=O)OCCCC)OC[C@@H]1CC[C@H](n2cnc(N)nc2=O)S1. The minimum Gasteiger partial charge on any atom is -0.464 e. The van der Waals surface area contributed by atoms with Gasteiger partial charge in [0.1, 0.15) is 6.33 Å². The summed E-state index contributed by atoms with van der Waals surface area (Å²) in [6.45, 7) is 2.92. The third-order valence-corrected chi connectivity index (χ3v) is 7.65. The number of anilines is 1. The van der Waals surface area contributed by atoms with Crippen LogP contribution in [0.3, 0.4) is 0 Å². The molecule has 1 aromatic heterocycles. The standard InChI is InChI=1S/C20H33N4O9PS/c1-3-5-9-29-17(25)12-32-34(28,33-13-18(26)30-10-6-4-2)31-11-15-7-8-16(35-15)24-14-22-19(21)23-20(24)27/h14-16H,3-13H2,1-2H3,(H2,21,23,27)/t15-,16+/m0/s1. The number of hydrogen-bond donors (Lipinski definition) is 1. The quantitative estimate of drug-likeness (QED) is 0.186. The molecule has 35 heavy (non-hydrogen) atoms. The number of nitrogens with two attached hydrogens (primary N) is 1. The largest absolute Gasteiger partial charge is 0.475 e. The first-order valence-electron chi connectivity index (χ1n) is 11.5. The van der Waals surface area contributed by atoms with Gasteiger partial charge >= 0.3 is 25.5 Å². The summed E-state index contributed by atoms with van der Waals surface area (Å²) in [5.41, 5.74) is 4.91. The summed E-state index contributed by atoms with van der Waals surface area (Å²) >= 11 is 1.40. The first-order valence-corrected chi connectivity index (χ1v) is 13.9. The molecular formula is C20H33N4O9PS. The van der Waals surface area contributed by atoms with E-state index in [2.05, 4.69) is 9.97 Å². The maximum absolute atomic E-state index is 13.1. The van der Waals surface area contributed by atoms with Crippen molar-refractivity contribution in [1.82, 2.24) is 14.5 Å². The Balaban J connectivity index is 1.92. The smallest absolute Gasteiger partial charge is 0.464 e. The van der Waals surface area contributed by atoms with E-state index in [1.54, 1.807) is 0 Å². The molecule has 0 unspecified atom stereocenters. The molecule has 0 spiro atoms. The monoisotopic (exact) mass is 536 g/mol. The Hall–Kier alpha value is -1.99. The van der Waals surface area contributed by atoms with E-state index in [9.17, 15) is 18.9 Å². The van der Waals surface area contributed by atoms with Crippen LogP contribution in [-0.2, 0) is 37.2 Å². The van der Waals surface area contributed by atoms with Gasteiger partial charge in [0, 0.05) is 5.25 Å². The predicted molar refractivity (Wildman–Crippen MR) is 128 cm³/mol. The zero-order chi connectivity index (χ0) is 25.7. The maximum atomic E-state index is 13.1. The molecule has 1 saturated heterocycles. The second-order valence-electron chi connectivity index (χ2n) is 7.63. The lowest BCUT2D eigenvalue weighted by molar-refractivity contribution is -0.147. The number of esters is 2. The number of phosphoric ester groups is 1. The van der Waals surface area contributed by atoms with E-state index in [1.807, 2.05) is 13.8 Å². The molecule has 0 saturated carbocycles. The van der Waals surface area contributed by atoms with Gasteiger partial charge in [0.2, 0.25) is 5.95 Å². The van der Waals surface area contributed by atoms with E-state index in [0.29, 0.717) is 25.7 Å². The molecule has 13 nitrogen and oxygen atoms in total. The first kappa shape index (κ1) is 29.2.